The van der Waals surface area contributed by atoms with Crippen molar-refractivity contribution >= 4 is 0 Å². The standard InChI is InChI=1S/C14H26O/c1-5-7-11-14(15)13(4)10-8-9-12(3)6-2/h6,10,14-15H,5,7-9,11H2,1-4H3. The molecular weight excluding hydrogens is 184 g/mol. The minimum Gasteiger partial charge on any atom is -0.389 e. The average Bonchev–Trinajstić information content (AvgIpc) is 2.25. The Labute approximate surface area is 94.9 Å². The van der Waals surface area contributed by atoms with Gasteiger partial charge in [0.1, 0.15) is 0 Å². The molecule has 1 atom stereocenters. The minimum absolute atomic E-state index is 0.226. The van der Waals surface area contributed by atoms with Crippen molar-refractivity contribution < 1.29 is 5.11 Å². The Bertz CT molecular complexity index is 213. The molecule has 0 fully saturated rings. The van der Waals surface area contributed by atoms with Gasteiger partial charge >= 0.3 is 0 Å². The molecule has 0 radical (unpaired) electrons. The summed E-state index contributed by atoms with van der Waals surface area (Å²) < 4.78 is 0. The lowest BCUT2D eigenvalue weighted by molar-refractivity contribution is 0.196. The van der Waals surface area contributed by atoms with E-state index in [-0.39, 0.29) is 6.10 Å². The molecular formula is C14H26O. The van der Waals surface area contributed by atoms with E-state index in [4.69, 9.17) is 0 Å². The van der Waals surface area contributed by atoms with Crippen LogP contribution in [0.4, 0.5) is 0 Å². The van der Waals surface area contributed by atoms with Crippen molar-refractivity contribution in [2.24, 2.45) is 0 Å². The number of hydrogen-bond donors (Lipinski definition) is 1. The Kier molecular flexibility index (Phi) is 8.40. The Morgan fingerprint density at radius 3 is 2.53 bits per heavy atom. The van der Waals surface area contributed by atoms with Gasteiger partial charge < -0.3 is 5.11 Å². The number of rotatable bonds is 7. The summed E-state index contributed by atoms with van der Waals surface area (Å²) >= 11 is 0. The van der Waals surface area contributed by atoms with E-state index in [0.29, 0.717) is 0 Å². The van der Waals surface area contributed by atoms with E-state index in [2.05, 4.69) is 32.9 Å². The van der Waals surface area contributed by atoms with E-state index in [1.54, 1.807) is 0 Å². The predicted octanol–water partition coefficient (Wildman–Crippen LogP) is 4.23. The van der Waals surface area contributed by atoms with E-state index in [1.807, 2.05) is 6.92 Å². The Morgan fingerprint density at radius 2 is 2.00 bits per heavy atom. The molecule has 1 unspecified atom stereocenters. The van der Waals surface area contributed by atoms with Gasteiger partial charge in [-0.25, -0.2) is 0 Å². The number of allylic oxidation sites excluding steroid dienone is 3. The first kappa shape index (κ1) is 14.4. The van der Waals surface area contributed by atoms with Gasteiger partial charge in [0, 0.05) is 0 Å². The molecule has 15 heavy (non-hydrogen) atoms. The van der Waals surface area contributed by atoms with Crippen molar-refractivity contribution in [2.75, 3.05) is 0 Å². The Hall–Kier alpha value is -0.560. The molecule has 0 aliphatic rings. The second-order valence-corrected chi connectivity index (χ2v) is 4.28. The second kappa shape index (κ2) is 8.72. The quantitative estimate of drug-likeness (QED) is 0.623. The molecule has 0 bridgehead atoms. The maximum atomic E-state index is 9.79. The summed E-state index contributed by atoms with van der Waals surface area (Å²) in [5.41, 5.74) is 2.55. The summed E-state index contributed by atoms with van der Waals surface area (Å²) in [6.45, 7) is 8.41. The van der Waals surface area contributed by atoms with Gasteiger partial charge in [-0.3, -0.25) is 0 Å². The first-order chi connectivity index (χ1) is 7.11. The van der Waals surface area contributed by atoms with Crippen molar-refractivity contribution in [1.82, 2.24) is 0 Å². The van der Waals surface area contributed by atoms with Crippen LogP contribution in [0.15, 0.2) is 23.3 Å². The zero-order valence-electron chi connectivity index (χ0n) is 10.7. The summed E-state index contributed by atoms with van der Waals surface area (Å²) in [6.07, 6.45) is 9.42. The van der Waals surface area contributed by atoms with E-state index < -0.39 is 0 Å². The van der Waals surface area contributed by atoms with Gasteiger partial charge in [-0.15, -0.1) is 0 Å². The molecule has 0 spiro atoms. The molecule has 0 heterocycles. The highest BCUT2D eigenvalue weighted by Gasteiger charge is 2.04. The lowest BCUT2D eigenvalue weighted by Gasteiger charge is -2.10. The van der Waals surface area contributed by atoms with Crippen LogP contribution in [0.1, 0.15) is 59.8 Å². The molecule has 0 aromatic heterocycles. The van der Waals surface area contributed by atoms with E-state index >= 15 is 0 Å². The predicted molar refractivity (Wildman–Crippen MR) is 68.0 cm³/mol. The number of aliphatic hydroxyl groups is 1. The molecule has 0 saturated carbocycles. The third-order valence-electron chi connectivity index (χ3n) is 2.85. The fourth-order valence-electron chi connectivity index (χ4n) is 1.43. The smallest absolute Gasteiger partial charge is 0.0747 e. The maximum absolute atomic E-state index is 9.79. The van der Waals surface area contributed by atoms with Crippen LogP contribution in [-0.4, -0.2) is 11.2 Å². The lowest BCUT2D eigenvalue weighted by atomic mass is 10.0. The molecule has 1 heteroatoms. The molecule has 0 aromatic rings. The van der Waals surface area contributed by atoms with Crippen molar-refractivity contribution in [3.05, 3.63) is 23.3 Å². The van der Waals surface area contributed by atoms with Crippen molar-refractivity contribution in [3.8, 4) is 0 Å². The minimum atomic E-state index is -0.226. The van der Waals surface area contributed by atoms with Crippen molar-refractivity contribution in [1.29, 1.82) is 0 Å². The fourth-order valence-corrected chi connectivity index (χ4v) is 1.43. The Balaban J connectivity index is 3.86. The van der Waals surface area contributed by atoms with Crippen LogP contribution in [0.2, 0.25) is 0 Å². The second-order valence-electron chi connectivity index (χ2n) is 4.28. The van der Waals surface area contributed by atoms with Crippen LogP contribution < -0.4 is 0 Å². The molecule has 0 rings (SSSR count). The normalized spacial score (nSPS) is 15.5. The van der Waals surface area contributed by atoms with Crippen LogP contribution in [0.25, 0.3) is 0 Å². The third kappa shape index (κ3) is 7.38. The van der Waals surface area contributed by atoms with Crippen LogP contribution in [0.5, 0.6) is 0 Å². The van der Waals surface area contributed by atoms with Crippen LogP contribution in [0.3, 0.4) is 0 Å². The fraction of sp³-hybridized carbons (Fsp3) is 0.714. The van der Waals surface area contributed by atoms with Crippen LogP contribution in [-0.2, 0) is 0 Å². The molecule has 0 aromatic carbocycles. The van der Waals surface area contributed by atoms with Gasteiger partial charge in [0.2, 0.25) is 0 Å². The van der Waals surface area contributed by atoms with Crippen molar-refractivity contribution in [3.63, 3.8) is 0 Å². The van der Waals surface area contributed by atoms with E-state index in [0.717, 1.165) is 37.7 Å². The molecule has 0 aliphatic carbocycles. The summed E-state index contributed by atoms with van der Waals surface area (Å²) in [7, 11) is 0. The molecule has 1 nitrogen and oxygen atoms in total. The van der Waals surface area contributed by atoms with Crippen molar-refractivity contribution in [2.45, 2.75) is 65.9 Å². The molecule has 88 valence electrons. The first-order valence-electron chi connectivity index (χ1n) is 6.08. The Morgan fingerprint density at radius 1 is 1.33 bits per heavy atom. The highest BCUT2D eigenvalue weighted by atomic mass is 16.3. The molecule has 1 N–H and O–H groups in total. The van der Waals surface area contributed by atoms with E-state index in [9.17, 15) is 5.11 Å². The third-order valence-corrected chi connectivity index (χ3v) is 2.85. The zero-order valence-corrected chi connectivity index (χ0v) is 10.7. The lowest BCUT2D eigenvalue weighted by Crippen LogP contribution is -2.07. The number of hydrogen-bond acceptors (Lipinski definition) is 1. The summed E-state index contributed by atoms with van der Waals surface area (Å²) in [5, 5.41) is 9.79. The van der Waals surface area contributed by atoms with Gasteiger partial charge in [0.25, 0.3) is 0 Å². The SMILES string of the molecule is CC=C(C)CCC=C(C)C(O)CCCC. The van der Waals surface area contributed by atoms with E-state index in [1.165, 1.54) is 5.57 Å². The topological polar surface area (TPSA) is 20.2 Å². The highest BCUT2D eigenvalue weighted by Crippen LogP contribution is 2.12. The number of unbranched alkanes of at least 4 members (excludes halogenated alkanes) is 1. The van der Waals surface area contributed by atoms with Gasteiger partial charge in [0.05, 0.1) is 6.10 Å². The van der Waals surface area contributed by atoms with Gasteiger partial charge in [-0.1, -0.05) is 37.5 Å². The van der Waals surface area contributed by atoms with Crippen LogP contribution >= 0.6 is 0 Å². The molecule has 0 saturated heterocycles. The average molecular weight is 210 g/mol. The molecule has 0 aliphatic heterocycles. The largest absolute Gasteiger partial charge is 0.389 e. The number of aliphatic hydroxyl groups excluding tert-OH is 1. The highest BCUT2D eigenvalue weighted by molar-refractivity contribution is 5.06. The first-order valence-corrected chi connectivity index (χ1v) is 6.08. The maximum Gasteiger partial charge on any atom is 0.0747 e. The summed E-state index contributed by atoms with van der Waals surface area (Å²) in [6, 6.07) is 0. The monoisotopic (exact) mass is 210 g/mol. The van der Waals surface area contributed by atoms with Gasteiger partial charge in [-0.2, -0.15) is 0 Å². The summed E-state index contributed by atoms with van der Waals surface area (Å²) in [5.74, 6) is 0. The summed E-state index contributed by atoms with van der Waals surface area (Å²) in [4.78, 5) is 0. The van der Waals surface area contributed by atoms with Crippen LogP contribution in [0, 0.1) is 0 Å². The van der Waals surface area contributed by atoms with Gasteiger partial charge in [-0.05, 0) is 45.6 Å². The molecule has 0 amide bonds. The zero-order chi connectivity index (χ0) is 11.7. The van der Waals surface area contributed by atoms with Gasteiger partial charge in [0.15, 0.2) is 0 Å².